The molecule has 4 nitrogen and oxygen atoms in total. The molecule has 0 aromatic carbocycles. The van der Waals surface area contributed by atoms with Crippen molar-refractivity contribution in [2.24, 2.45) is 7.05 Å². The summed E-state index contributed by atoms with van der Waals surface area (Å²) < 4.78 is 40.9. The van der Waals surface area contributed by atoms with E-state index in [1.807, 2.05) is 27.8 Å². The second-order valence-corrected chi connectivity index (χ2v) is 5.55. The number of nitrogens with one attached hydrogen (secondary N) is 1. The molecule has 0 bridgehead atoms. The van der Waals surface area contributed by atoms with E-state index in [9.17, 15) is 13.2 Å². The first kappa shape index (κ1) is 17.5. The molecule has 2 aromatic rings. The first-order valence-electron chi connectivity index (χ1n) is 7.50. The summed E-state index contributed by atoms with van der Waals surface area (Å²) in [5.74, 6) is 0. The molecule has 0 fully saturated rings. The first-order valence-corrected chi connectivity index (χ1v) is 7.50. The summed E-state index contributed by atoms with van der Waals surface area (Å²) in [6.07, 6.45) is -2.26. The third-order valence-corrected chi connectivity index (χ3v) is 4.03. The van der Waals surface area contributed by atoms with Gasteiger partial charge >= 0.3 is 6.18 Å². The minimum atomic E-state index is -4.40. The Bertz CT molecular complexity index is 676. The summed E-state index contributed by atoms with van der Waals surface area (Å²) >= 11 is 0. The summed E-state index contributed by atoms with van der Waals surface area (Å²) in [6.45, 7) is 5.92. The average Bonchev–Trinajstić information content (AvgIpc) is 2.73. The molecule has 2 aromatic heterocycles. The van der Waals surface area contributed by atoms with Crippen LogP contribution in [0.1, 0.15) is 47.6 Å². The number of halogens is 3. The van der Waals surface area contributed by atoms with Gasteiger partial charge in [0, 0.05) is 37.1 Å². The van der Waals surface area contributed by atoms with Gasteiger partial charge in [-0.25, -0.2) is 0 Å². The number of rotatable bonds is 5. The number of hydrogen-bond acceptors (Lipinski definition) is 3. The predicted octanol–water partition coefficient (Wildman–Crippen LogP) is 3.69. The topological polar surface area (TPSA) is 42.7 Å². The largest absolute Gasteiger partial charge is 0.418 e. The Morgan fingerprint density at radius 2 is 2.00 bits per heavy atom. The van der Waals surface area contributed by atoms with E-state index in [-0.39, 0.29) is 18.3 Å². The van der Waals surface area contributed by atoms with Gasteiger partial charge < -0.3 is 5.32 Å². The van der Waals surface area contributed by atoms with Crippen LogP contribution >= 0.6 is 0 Å². The summed E-state index contributed by atoms with van der Waals surface area (Å²) in [5, 5.41) is 7.57. The fourth-order valence-corrected chi connectivity index (χ4v) is 2.80. The van der Waals surface area contributed by atoms with Crippen LogP contribution in [0.4, 0.5) is 13.2 Å². The average molecular weight is 326 g/mol. The van der Waals surface area contributed by atoms with Crippen LogP contribution < -0.4 is 5.32 Å². The highest BCUT2D eigenvalue weighted by molar-refractivity contribution is 5.29. The van der Waals surface area contributed by atoms with Gasteiger partial charge in [0.25, 0.3) is 0 Å². The van der Waals surface area contributed by atoms with Gasteiger partial charge in [-0.3, -0.25) is 9.67 Å². The Kier molecular flexibility index (Phi) is 5.09. The van der Waals surface area contributed by atoms with Gasteiger partial charge in [-0.2, -0.15) is 18.3 Å². The van der Waals surface area contributed by atoms with Crippen LogP contribution in [0.2, 0.25) is 0 Å². The monoisotopic (exact) mass is 326 g/mol. The van der Waals surface area contributed by atoms with Crippen LogP contribution in [-0.4, -0.2) is 14.8 Å². The molecule has 23 heavy (non-hydrogen) atoms. The van der Waals surface area contributed by atoms with Crippen LogP contribution in [0.3, 0.4) is 0 Å². The quantitative estimate of drug-likeness (QED) is 0.911. The van der Waals surface area contributed by atoms with Crippen LogP contribution in [0.15, 0.2) is 18.3 Å². The van der Waals surface area contributed by atoms with E-state index >= 15 is 0 Å². The number of nitrogens with zero attached hydrogens (tertiary/aromatic N) is 3. The maximum atomic E-state index is 13.0. The van der Waals surface area contributed by atoms with Gasteiger partial charge in [0.1, 0.15) is 0 Å². The van der Waals surface area contributed by atoms with Crippen LogP contribution in [0, 0.1) is 13.8 Å². The van der Waals surface area contributed by atoms with E-state index in [1.54, 1.807) is 4.68 Å². The van der Waals surface area contributed by atoms with E-state index in [1.165, 1.54) is 12.3 Å². The van der Waals surface area contributed by atoms with Crippen molar-refractivity contribution in [3.05, 3.63) is 46.5 Å². The second-order valence-electron chi connectivity index (χ2n) is 5.55. The van der Waals surface area contributed by atoms with Gasteiger partial charge in [0.15, 0.2) is 0 Å². The molecule has 0 radical (unpaired) electrons. The first-order chi connectivity index (χ1) is 10.8. The lowest BCUT2D eigenvalue weighted by atomic mass is 10.0. The smallest absolute Gasteiger partial charge is 0.304 e. The van der Waals surface area contributed by atoms with Gasteiger partial charge in [-0.1, -0.05) is 6.92 Å². The predicted molar refractivity (Wildman–Crippen MR) is 81.8 cm³/mol. The molecule has 0 spiro atoms. The number of hydrogen-bond donors (Lipinski definition) is 1. The van der Waals surface area contributed by atoms with Gasteiger partial charge in [-0.05, 0) is 32.4 Å². The molecule has 126 valence electrons. The molecule has 1 N–H and O–H groups in total. The zero-order chi connectivity index (χ0) is 17.2. The summed E-state index contributed by atoms with van der Waals surface area (Å²) in [6, 6.07) is 2.30. The number of aromatic nitrogens is 3. The molecule has 1 atom stereocenters. The minimum absolute atomic E-state index is 0.0117. The van der Waals surface area contributed by atoms with E-state index < -0.39 is 11.7 Å². The van der Waals surface area contributed by atoms with Crippen LogP contribution in [0.25, 0.3) is 0 Å². The Labute approximate surface area is 133 Å². The molecule has 2 heterocycles. The third-order valence-electron chi connectivity index (χ3n) is 4.03. The Hall–Kier alpha value is -1.89. The molecule has 0 aliphatic carbocycles. The van der Waals surface area contributed by atoms with E-state index in [0.29, 0.717) is 0 Å². The van der Waals surface area contributed by atoms with Crippen molar-refractivity contribution in [1.82, 2.24) is 20.1 Å². The zero-order valence-electron chi connectivity index (χ0n) is 13.7. The van der Waals surface area contributed by atoms with Gasteiger partial charge in [0.2, 0.25) is 0 Å². The fourth-order valence-electron chi connectivity index (χ4n) is 2.80. The van der Waals surface area contributed by atoms with E-state index in [0.717, 1.165) is 29.4 Å². The normalized spacial score (nSPS) is 13.3. The van der Waals surface area contributed by atoms with Gasteiger partial charge in [-0.15, -0.1) is 0 Å². The van der Waals surface area contributed by atoms with Crippen molar-refractivity contribution in [1.29, 1.82) is 0 Å². The highest BCUT2D eigenvalue weighted by atomic mass is 19.4. The molecule has 1 unspecified atom stereocenters. The minimum Gasteiger partial charge on any atom is -0.304 e. The van der Waals surface area contributed by atoms with Crippen molar-refractivity contribution in [2.45, 2.75) is 46.0 Å². The molecule has 0 aliphatic heterocycles. The maximum Gasteiger partial charge on any atom is 0.418 e. The fraction of sp³-hybridized carbons (Fsp3) is 0.500. The Morgan fingerprint density at radius 1 is 1.30 bits per heavy atom. The van der Waals surface area contributed by atoms with Crippen molar-refractivity contribution in [2.75, 3.05) is 0 Å². The van der Waals surface area contributed by atoms with Crippen molar-refractivity contribution in [3.8, 4) is 0 Å². The maximum absolute atomic E-state index is 13.0. The molecule has 0 saturated carbocycles. The van der Waals surface area contributed by atoms with E-state index in [4.69, 9.17) is 0 Å². The summed E-state index contributed by atoms with van der Waals surface area (Å²) in [5.41, 5.74) is 2.26. The molecule has 0 amide bonds. The number of aryl methyl sites for hydroxylation is 2. The molecule has 0 aliphatic rings. The highest BCUT2D eigenvalue weighted by Crippen LogP contribution is 2.31. The van der Waals surface area contributed by atoms with Crippen molar-refractivity contribution in [3.63, 3.8) is 0 Å². The van der Waals surface area contributed by atoms with Crippen molar-refractivity contribution < 1.29 is 13.2 Å². The molecule has 7 heteroatoms. The Morgan fingerprint density at radius 3 is 2.52 bits per heavy atom. The lowest BCUT2D eigenvalue weighted by molar-refractivity contribution is -0.138. The summed E-state index contributed by atoms with van der Waals surface area (Å²) in [7, 11) is 1.86. The molecular formula is C16H21F3N4. The SMILES string of the molecule is CCC(NCc1ncccc1C(F)(F)F)c1c(C)nn(C)c1C. The van der Waals surface area contributed by atoms with Gasteiger partial charge in [0.05, 0.1) is 17.0 Å². The highest BCUT2D eigenvalue weighted by Gasteiger charge is 2.33. The third kappa shape index (κ3) is 3.72. The second kappa shape index (κ2) is 6.70. The molecule has 2 rings (SSSR count). The van der Waals surface area contributed by atoms with Crippen molar-refractivity contribution >= 4 is 0 Å². The standard InChI is InChI=1S/C16H21F3N4/c1-5-13(15-10(2)22-23(4)11(15)3)21-9-14-12(16(17,18)19)7-6-8-20-14/h6-8,13,21H,5,9H2,1-4H3. The lowest BCUT2D eigenvalue weighted by Crippen LogP contribution is -2.24. The zero-order valence-corrected chi connectivity index (χ0v) is 13.7. The number of alkyl halides is 3. The van der Waals surface area contributed by atoms with Crippen LogP contribution in [-0.2, 0) is 19.8 Å². The molecular weight excluding hydrogens is 305 g/mol. The Balaban J connectivity index is 2.22. The molecule has 0 saturated heterocycles. The number of pyridine rings is 1. The summed E-state index contributed by atoms with van der Waals surface area (Å²) in [4.78, 5) is 3.89. The van der Waals surface area contributed by atoms with E-state index in [2.05, 4.69) is 15.4 Å². The van der Waals surface area contributed by atoms with Crippen LogP contribution in [0.5, 0.6) is 0 Å². The lowest BCUT2D eigenvalue weighted by Gasteiger charge is -2.19.